The van der Waals surface area contributed by atoms with Crippen LogP contribution in [0.1, 0.15) is 19.4 Å². The van der Waals surface area contributed by atoms with Crippen LogP contribution in [0.5, 0.6) is 0 Å². The lowest BCUT2D eigenvalue weighted by Crippen LogP contribution is -2.37. The molecule has 0 aliphatic rings. The van der Waals surface area contributed by atoms with Crippen LogP contribution in [0, 0.1) is 5.82 Å². The Hall–Kier alpha value is -2.09. The summed E-state index contributed by atoms with van der Waals surface area (Å²) >= 11 is 0. The predicted octanol–water partition coefficient (Wildman–Crippen LogP) is 4.45. The van der Waals surface area contributed by atoms with Crippen molar-refractivity contribution < 1.29 is 26.0 Å². The molecule has 0 atom stereocenters. The first-order valence-corrected chi connectivity index (χ1v) is 8.45. The van der Waals surface area contributed by atoms with Crippen LogP contribution < -0.4 is 4.31 Å². The zero-order valence-corrected chi connectivity index (χ0v) is 13.7. The Labute approximate surface area is 137 Å². The largest absolute Gasteiger partial charge is 0.416 e. The van der Waals surface area contributed by atoms with Gasteiger partial charge in [0.15, 0.2) is 0 Å². The Kier molecular flexibility index (Phi) is 4.89. The van der Waals surface area contributed by atoms with Gasteiger partial charge in [-0.3, -0.25) is 4.31 Å². The number of rotatable bonds is 4. The third-order valence-corrected chi connectivity index (χ3v) is 5.29. The molecule has 0 radical (unpaired) electrons. The number of anilines is 1. The van der Waals surface area contributed by atoms with Gasteiger partial charge in [0.2, 0.25) is 0 Å². The highest BCUT2D eigenvalue weighted by molar-refractivity contribution is 7.92. The van der Waals surface area contributed by atoms with E-state index in [2.05, 4.69) is 0 Å². The zero-order valence-electron chi connectivity index (χ0n) is 12.9. The Morgan fingerprint density at radius 2 is 1.58 bits per heavy atom. The fraction of sp³-hybridized carbons (Fsp3) is 0.250. The van der Waals surface area contributed by atoms with Crippen LogP contribution in [0.25, 0.3) is 0 Å². The number of nitrogens with zero attached hydrogens (tertiary/aromatic N) is 1. The molecule has 0 saturated carbocycles. The van der Waals surface area contributed by atoms with E-state index in [1.165, 1.54) is 12.1 Å². The summed E-state index contributed by atoms with van der Waals surface area (Å²) in [5.41, 5.74) is -0.983. The normalized spacial score (nSPS) is 12.5. The van der Waals surface area contributed by atoms with Crippen molar-refractivity contribution in [3.63, 3.8) is 0 Å². The minimum Gasteiger partial charge on any atom is -0.264 e. The minimum absolute atomic E-state index is 0.240. The fourth-order valence-electron chi connectivity index (χ4n) is 2.27. The van der Waals surface area contributed by atoms with E-state index in [4.69, 9.17) is 0 Å². The van der Waals surface area contributed by atoms with Crippen molar-refractivity contribution in [2.75, 3.05) is 4.31 Å². The van der Waals surface area contributed by atoms with E-state index in [0.29, 0.717) is 18.2 Å². The molecule has 0 aliphatic carbocycles. The summed E-state index contributed by atoms with van der Waals surface area (Å²) in [4.78, 5) is -1.00. The van der Waals surface area contributed by atoms with Gasteiger partial charge in [-0.25, -0.2) is 12.8 Å². The molecule has 2 aromatic carbocycles. The van der Waals surface area contributed by atoms with E-state index < -0.39 is 38.5 Å². The van der Waals surface area contributed by atoms with Gasteiger partial charge in [0.1, 0.15) is 10.7 Å². The van der Waals surface area contributed by atoms with Gasteiger partial charge in [0.05, 0.1) is 11.3 Å². The number of hydrogen-bond donors (Lipinski definition) is 0. The highest BCUT2D eigenvalue weighted by atomic mass is 32.2. The summed E-state index contributed by atoms with van der Waals surface area (Å²) in [5, 5.41) is 0. The molecule has 3 nitrogen and oxygen atoms in total. The Morgan fingerprint density at radius 3 is 2.08 bits per heavy atom. The molecular formula is C16H15F4NO2S. The Morgan fingerprint density at radius 1 is 1.00 bits per heavy atom. The van der Waals surface area contributed by atoms with E-state index in [-0.39, 0.29) is 5.69 Å². The summed E-state index contributed by atoms with van der Waals surface area (Å²) in [7, 11) is -4.51. The predicted molar refractivity (Wildman–Crippen MR) is 82.6 cm³/mol. The van der Waals surface area contributed by atoms with Crippen LogP contribution >= 0.6 is 0 Å². The molecule has 8 heteroatoms. The highest BCUT2D eigenvalue weighted by Crippen LogP contribution is 2.34. The van der Waals surface area contributed by atoms with E-state index in [0.717, 1.165) is 4.31 Å². The summed E-state index contributed by atoms with van der Waals surface area (Å²) in [6.45, 7) is 3.10. The molecule has 24 heavy (non-hydrogen) atoms. The second-order valence-corrected chi connectivity index (χ2v) is 7.16. The standard InChI is InChI=1S/C16H15F4NO2S/c1-11(2)21(13-6-4-3-5-7-13)24(22,23)15-10-12(16(18,19)20)8-9-14(15)17/h3-11H,1-2H3. The molecular weight excluding hydrogens is 346 g/mol. The van der Waals surface area contributed by atoms with Crippen LogP contribution in [0.15, 0.2) is 53.4 Å². The highest BCUT2D eigenvalue weighted by Gasteiger charge is 2.35. The van der Waals surface area contributed by atoms with Crippen LogP contribution in [0.4, 0.5) is 23.2 Å². The molecule has 0 amide bonds. The summed E-state index contributed by atoms with van der Waals surface area (Å²) in [6.07, 6.45) is -4.77. The molecule has 2 rings (SSSR count). The van der Waals surface area contributed by atoms with Crippen molar-refractivity contribution in [2.24, 2.45) is 0 Å². The molecule has 0 fully saturated rings. The third-order valence-electron chi connectivity index (χ3n) is 3.28. The molecule has 0 unspecified atom stereocenters. The SMILES string of the molecule is CC(C)N(c1ccccc1)S(=O)(=O)c1cc(C(F)(F)F)ccc1F. The Balaban J connectivity index is 2.64. The first-order valence-electron chi connectivity index (χ1n) is 7.01. The third kappa shape index (κ3) is 3.53. The summed E-state index contributed by atoms with van der Waals surface area (Å²) in [6, 6.07) is 8.54. The number of halogens is 4. The number of sulfonamides is 1. The maximum Gasteiger partial charge on any atom is 0.416 e. The maximum absolute atomic E-state index is 14.0. The van der Waals surface area contributed by atoms with Crippen molar-refractivity contribution in [1.82, 2.24) is 0 Å². The molecule has 0 aliphatic heterocycles. The topological polar surface area (TPSA) is 37.4 Å². The smallest absolute Gasteiger partial charge is 0.264 e. The second kappa shape index (κ2) is 6.43. The van der Waals surface area contributed by atoms with Gasteiger partial charge < -0.3 is 0 Å². The van der Waals surface area contributed by atoms with Crippen molar-refractivity contribution >= 4 is 15.7 Å². The monoisotopic (exact) mass is 361 g/mol. The lowest BCUT2D eigenvalue weighted by molar-refractivity contribution is -0.137. The van der Waals surface area contributed by atoms with Gasteiger partial charge in [-0.2, -0.15) is 13.2 Å². The summed E-state index contributed by atoms with van der Waals surface area (Å²) < 4.78 is 79.0. The number of benzene rings is 2. The second-order valence-electron chi connectivity index (χ2n) is 5.37. The minimum atomic E-state index is -4.77. The molecule has 0 heterocycles. The first-order chi connectivity index (χ1) is 11.0. The van der Waals surface area contributed by atoms with Gasteiger partial charge in [0, 0.05) is 6.04 Å². The molecule has 0 N–H and O–H groups in total. The maximum atomic E-state index is 14.0. The lowest BCUT2D eigenvalue weighted by Gasteiger charge is -2.28. The van der Waals surface area contributed by atoms with Crippen LogP contribution in [0.3, 0.4) is 0 Å². The van der Waals surface area contributed by atoms with Gasteiger partial charge >= 0.3 is 6.18 Å². The van der Waals surface area contributed by atoms with Crippen LogP contribution in [-0.4, -0.2) is 14.5 Å². The number of para-hydroxylation sites is 1. The van der Waals surface area contributed by atoms with E-state index >= 15 is 0 Å². The van der Waals surface area contributed by atoms with Gasteiger partial charge in [-0.1, -0.05) is 18.2 Å². The molecule has 130 valence electrons. The average molecular weight is 361 g/mol. The molecule has 0 saturated heterocycles. The van der Waals surface area contributed by atoms with Crippen molar-refractivity contribution in [1.29, 1.82) is 0 Å². The van der Waals surface area contributed by atoms with Crippen LogP contribution in [-0.2, 0) is 16.2 Å². The van der Waals surface area contributed by atoms with E-state index in [9.17, 15) is 26.0 Å². The number of hydrogen-bond acceptors (Lipinski definition) is 2. The molecule has 0 aromatic heterocycles. The van der Waals surface area contributed by atoms with Crippen molar-refractivity contribution in [3.05, 3.63) is 59.9 Å². The van der Waals surface area contributed by atoms with Gasteiger partial charge in [0.25, 0.3) is 10.0 Å². The Bertz CT molecular complexity index is 818. The van der Waals surface area contributed by atoms with Gasteiger partial charge in [-0.15, -0.1) is 0 Å². The molecule has 0 spiro atoms. The molecule has 0 bridgehead atoms. The lowest BCUT2D eigenvalue weighted by atomic mass is 10.2. The van der Waals surface area contributed by atoms with E-state index in [1.807, 2.05) is 0 Å². The fourth-order valence-corrected chi connectivity index (χ4v) is 4.03. The summed E-state index contributed by atoms with van der Waals surface area (Å²) in [5.74, 6) is -1.23. The zero-order chi connectivity index (χ0) is 18.1. The molecule has 2 aromatic rings. The quantitative estimate of drug-likeness (QED) is 0.755. The van der Waals surface area contributed by atoms with Crippen molar-refractivity contribution in [3.8, 4) is 0 Å². The van der Waals surface area contributed by atoms with Crippen LogP contribution in [0.2, 0.25) is 0 Å². The number of alkyl halides is 3. The van der Waals surface area contributed by atoms with Gasteiger partial charge in [-0.05, 0) is 44.2 Å². The average Bonchev–Trinajstić information content (AvgIpc) is 2.46. The van der Waals surface area contributed by atoms with Crippen molar-refractivity contribution in [2.45, 2.75) is 31.0 Å². The first kappa shape index (κ1) is 18.3. The van der Waals surface area contributed by atoms with E-state index in [1.54, 1.807) is 32.0 Å².